The molecular formula is C80H57NO. The number of benzene rings is 13. The molecule has 0 aromatic heterocycles. The second-order valence-corrected chi connectivity index (χ2v) is 23.5. The van der Waals surface area contributed by atoms with Crippen LogP contribution in [0.5, 0.6) is 11.5 Å². The van der Waals surface area contributed by atoms with Gasteiger partial charge in [-0.25, -0.2) is 0 Å². The summed E-state index contributed by atoms with van der Waals surface area (Å²) in [6.07, 6.45) is 0. The molecule has 0 saturated heterocycles. The van der Waals surface area contributed by atoms with Gasteiger partial charge in [-0.3, -0.25) is 0 Å². The van der Waals surface area contributed by atoms with Gasteiger partial charge in [0, 0.05) is 22.0 Å². The van der Waals surface area contributed by atoms with Crippen LogP contribution < -0.4 is 9.64 Å². The molecule has 0 bridgehead atoms. The van der Waals surface area contributed by atoms with Gasteiger partial charge in [0.1, 0.15) is 0 Å². The molecule has 0 N–H and O–H groups in total. The summed E-state index contributed by atoms with van der Waals surface area (Å²) in [5, 5.41) is 5.00. The van der Waals surface area contributed by atoms with Gasteiger partial charge in [0.05, 0.1) is 17.1 Å². The summed E-state index contributed by atoms with van der Waals surface area (Å²) in [7, 11) is 0. The van der Waals surface area contributed by atoms with E-state index in [1.807, 2.05) is 0 Å². The number of hydrogen-bond acceptors (Lipinski definition) is 2. The van der Waals surface area contributed by atoms with Crippen LogP contribution in [0, 0.1) is 0 Å². The van der Waals surface area contributed by atoms with Crippen molar-refractivity contribution in [2.75, 3.05) is 4.90 Å². The zero-order chi connectivity index (χ0) is 54.8. The Morgan fingerprint density at radius 2 is 0.598 bits per heavy atom. The fourth-order valence-corrected chi connectivity index (χ4v) is 14.2. The second-order valence-electron chi connectivity index (χ2n) is 23.5. The highest BCUT2D eigenvalue weighted by molar-refractivity contribution is 6.12. The molecule has 0 saturated carbocycles. The Bertz CT molecular complexity index is 4440. The van der Waals surface area contributed by atoms with Crippen molar-refractivity contribution in [2.24, 2.45) is 0 Å². The molecule has 1 heterocycles. The molecule has 0 radical (unpaired) electrons. The molecule has 1 aliphatic heterocycles. The smallest absolute Gasteiger partial charge is 0.151 e. The van der Waals surface area contributed by atoms with Gasteiger partial charge in [0.25, 0.3) is 0 Å². The Morgan fingerprint density at radius 3 is 1.04 bits per heavy atom. The lowest BCUT2D eigenvalue weighted by Crippen LogP contribution is -2.18. The third-order valence-electron chi connectivity index (χ3n) is 18.3. The van der Waals surface area contributed by atoms with E-state index < -0.39 is 0 Å². The first-order valence-electron chi connectivity index (χ1n) is 28.7. The number of hydrogen-bond donors (Lipinski definition) is 0. The van der Waals surface area contributed by atoms with Crippen LogP contribution in [0.25, 0.3) is 111 Å². The molecule has 82 heavy (non-hydrogen) atoms. The first kappa shape index (κ1) is 47.9. The maximum Gasteiger partial charge on any atom is 0.151 e. The zero-order valence-corrected chi connectivity index (χ0v) is 46.3. The van der Waals surface area contributed by atoms with Gasteiger partial charge in [-0.05, 0) is 158 Å². The van der Waals surface area contributed by atoms with Crippen LogP contribution in [-0.2, 0) is 10.8 Å². The Hall–Kier alpha value is -10.0. The third kappa shape index (κ3) is 7.27. The lowest BCUT2D eigenvalue weighted by molar-refractivity contribution is 0.477. The summed E-state index contributed by atoms with van der Waals surface area (Å²) >= 11 is 0. The molecule has 0 amide bonds. The van der Waals surface area contributed by atoms with Crippen LogP contribution in [0.15, 0.2) is 273 Å². The van der Waals surface area contributed by atoms with Gasteiger partial charge in [-0.2, -0.15) is 0 Å². The van der Waals surface area contributed by atoms with Crippen molar-refractivity contribution < 1.29 is 4.74 Å². The Balaban J connectivity index is 0.961. The first-order valence-corrected chi connectivity index (χ1v) is 28.7. The van der Waals surface area contributed by atoms with E-state index >= 15 is 0 Å². The molecule has 2 heteroatoms. The Kier molecular flexibility index (Phi) is 10.7. The summed E-state index contributed by atoms with van der Waals surface area (Å²) in [4.78, 5) is 2.53. The lowest BCUT2D eigenvalue weighted by atomic mass is 9.80. The Morgan fingerprint density at radius 1 is 0.256 bits per heavy atom. The summed E-state index contributed by atoms with van der Waals surface area (Å²) in [5.41, 5.74) is 27.3. The lowest BCUT2D eigenvalue weighted by Gasteiger charge is -2.36. The van der Waals surface area contributed by atoms with Gasteiger partial charge >= 0.3 is 0 Å². The van der Waals surface area contributed by atoms with Gasteiger partial charge in [-0.1, -0.05) is 264 Å². The minimum absolute atomic E-state index is 0.191. The van der Waals surface area contributed by atoms with E-state index in [4.69, 9.17) is 4.74 Å². The van der Waals surface area contributed by atoms with E-state index in [0.29, 0.717) is 0 Å². The molecule has 2 nitrogen and oxygen atoms in total. The van der Waals surface area contributed by atoms with Gasteiger partial charge in [-0.15, -0.1) is 0 Å². The largest absolute Gasteiger partial charge is 0.453 e. The second kappa shape index (κ2) is 18.3. The van der Waals surface area contributed by atoms with E-state index in [2.05, 4.69) is 306 Å². The number of rotatable bonds is 7. The zero-order valence-electron chi connectivity index (χ0n) is 46.3. The van der Waals surface area contributed by atoms with Crippen molar-refractivity contribution >= 4 is 38.6 Å². The van der Waals surface area contributed by atoms with Crippen molar-refractivity contribution in [3.8, 4) is 101 Å². The van der Waals surface area contributed by atoms with E-state index in [9.17, 15) is 0 Å². The van der Waals surface area contributed by atoms with Gasteiger partial charge in [0.2, 0.25) is 0 Å². The highest BCUT2D eigenvalue weighted by Crippen LogP contribution is 2.59. The van der Waals surface area contributed by atoms with Crippen LogP contribution >= 0.6 is 0 Å². The summed E-state index contributed by atoms with van der Waals surface area (Å²) < 4.78 is 7.26. The number of para-hydroxylation sites is 1. The molecule has 0 unspecified atom stereocenters. The monoisotopic (exact) mass is 1050 g/mol. The van der Waals surface area contributed by atoms with Crippen molar-refractivity contribution in [3.63, 3.8) is 0 Å². The minimum Gasteiger partial charge on any atom is -0.453 e. The highest BCUT2D eigenvalue weighted by Gasteiger charge is 2.39. The first-order chi connectivity index (χ1) is 40.2. The Labute approximate surface area is 479 Å². The summed E-state index contributed by atoms with van der Waals surface area (Å²) in [5.74, 6) is 1.59. The van der Waals surface area contributed by atoms with E-state index in [1.165, 1.54) is 99.4 Å². The molecule has 0 fully saturated rings. The summed E-state index contributed by atoms with van der Waals surface area (Å²) in [6.45, 7) is 9.53. The standard InChI is InChI=1S/C80H57NO/c1-79(2)68-32-17-15-28-64(68)76-62-26-13-11-24-60(62)66(48-70(76)79)56-42-44-74-72(46-56)81(73-47-57(43-45-75(73)82-74)67-49-71-77(63-27-14-12-25-61(63)67)65-29-16-18-33-69(65)80(71,3)4)78-58(54-38-34-52(35-39-54)50-20-7-5-8-21-50)30-19-31-59(78)55-40-36-53(37-41-55)51-22-9-6-10-23-51/h5-49H,1-4H3. The normalized spacial score (nSPS) is 13.9. The summed E-state index contributed by atoms with van der Waals surface area (Å²) in [6, 6.07) is 101. The molecule has 13 aromatic carbocycles. The van der Waals surface area contributed by atoms with E-state index in [0.717, 1.165) is 61.9 Å². The van der Waals surface area contributed by atoms with E-state index in [-0.39, 0.29) is 10.8 Å². The van der Waals surface area contributed by atoms with Crippen LogP contribution in [-0.4, -0.2) is 0 Å². The number of ether oxygens (including phenoxy) is 1. The van der Waals surface area contributed by atoms with Gasteiger partial charge in [0.15, 0.2) is 11.5 Å². The van der Waals surface area contributed by atoms with Crippen molar-refractivity contribution in [1.82, 2.24) is 0 Å². The molecule has 3 aliphatic rings. The fourth-order valence-electron chi connectivity index (χ4n) is 14.2. The number of nitrogens with zero attached hydrogens (tertiary/aromatic N) is 1. The van der Waals surface area contributed by atoms with Crippen LogP contribution in [0.1, 0.15) is 49.9 Å². The fraction of sp³-hybridized carbons (Fsp3) is 0.0750. The third-order valence-corrected chi connectivity index (χ3v) is 18.3. The minimum atomic E-state index is -0.191. The van der Waals surface area contributed by atoms with Crippen LogP contribution in [0.2, 0.25) is 0 Å². The predicted octanol–water partition coefficient (Wildman–Crippen LogP) is 22.2. The van der Waals surface area contributed by atoms with E-state index in [1.54, 1.807) is 0 Å². The molecule has 16 rings (SSSR count). The molecule has 388 valence electrons. The highest BCUT2D eigenvalue weighted by atomic mass is 16.5. The maximum absolute atomic E-state index is 7.26. The maximum atomic E-state index is 7.26. The average Bonchev–Trinajstić information content (AvgIpc) is 3.94. The predicted molar refractivity (Wildman–Crippen MR) is 344 cm³/mol. The number of fused-ring (bicyclic) bond motifs is 12. The molecule has 0 atom stereocenters. The van der Waals surface area contributed by atoms with Crippen molar-refractivity contribution in [2.45, 2.75) is 38.5 Å². The van der Waals surface area contributed by atoms with Crippen LogP contribution in [0.4, 0.5) is 17.1 Å². The molecule has 2 aliphatic carbocycles. The molecule has 13 aromatic rings. The molecule has 0 spiro atoms. The average molecular weight is 1050 g/mol. The topological polar surface area (TPSA) is 12.5 Å². The van der Waals surface area contributed by atoms with Crippen molar-refractivity contribution in [1.29, 1.82) is 0 Å². The SMILES string of the molecule is CC1(C)c2ccccc2-c2c1cc(-c1ccc3c(c1)N(c1c(-c4ccc(-c5ccccc5)cc4)cccc1-c1ccc(-c4ccccc4)cc1)c1cc(-c4cc5c(c6ccccc46)-c4ccccc4C5(C)C)ccc1O3)c1ccccc21. The molecular weight excluding hydrogens is 991 g/mol. The van der Waals surface area contributed by atoms with Crippen LogP contribution in [0.3, 0.4) is 0 Å². The number of anilines is 3. The quantitative estimate of drug-likeness (QED) is 0.158. The van der Waals surface area contributed by atoms with Gasteiger partial charge < -0.3 is 9.64 Å². The van der Waals surface area contributed by atoms with Crippen molar-refractivity contribution in [3.05, 3.63) is 295 Å².